The lowest BCUT2D eigenvalue weighted by Crippen LogP contribution is -2.32. The van der Waals surface area contributed by atoms with Crippen molar-refractivity contribution in [1.82, 2.24) is 9.88 Å². The summed E-state index contributed by atoms with van der Waals surface area (Å²) in [6.07, 6.45) is 3.36. The van der Waals surface area contributed by atoms with Gasteiger partial charge in [0.05, 0.1) is 23.4 Å². The number of nitrogens with one attached hydrogen (secondary N) is 1. The minimum absolute atomic E-state index is 0.118. The van der Waals surface area contributed by atoms with Gasteiger partial charge in [-0.3, -0.25) is 0 Å². The van der Waals surface area contributed by atoms with E-state index in [1.54, 1.807) is 31.4 Å². The van der Waals surface area contributed by atoms with Crippen molar-refractivity contribution in [3.63, 3.8) is 0 Å². The molecule has 3 aromatic rings. The third-order valence-electron chi connectivity index (χ3n) is 5.88. The van der Waals surface area contributed by atoms with Gasteiger partial charge in [-0.2, -0.15) is 0 Å². The van der Waals surface area contributed by atoms with Crippen LogP contribution < -0.4 is 10.1 Å². The minimum Gasteiger partial charge on any atom is -0.508 e. The fourth-order valence-electron chi connectivity index (χ4n) is 4.68. The summed E-state index contributed by atoms with van der Waals surface area (Å²) in [6, 6.07) is 11.4. The van der Waals surface area contributed by atoms with Crippen LogP contribution in [0.2, 0.25) is 0 Å². The Morgan fingerprint density at radius 2 is 2.07 bits per heavy atom. The van der Waals surface area contributed by atoms with E-state index < -0.39 is 10.8 Å². The highest BCUT2D eigenvalue weighted by atomic mass is 32.2. The first kappa shape index (κ1) is 16.8. The lowest BCUT2D eigenvalue weighted by atomic mass is 9.99. The SMILES string of the molecule is COc1cc(S(=O)c2cccc(O)c2)cc2c3c(n(C)c12)CC1CCC3N1. The van der Waals surface area contributed by atoms with Crippen LogP contribution in [0.5, 0.6) is 11.5 Å². The summed E-state index contributed by atoms with van der Waals surface area (Å²) in [5.74, 6) is 0.857. The number of phenols is 1. The van der Waals surface area contributed by atoms with Gasteiger partial charge in [-0.25, -0.2) is 4.21 Å². The van der Waals surface area contributed by atoms with E-state index in [1.807, 2.05) is 12.1 Å². The second-order valence-corrected chi connectivity index (χ2v) is 8.89. The second-order valence-electron chi connectivity index (χ2n) is 7.40. The number of aromatic nitrogens is 1. The van der Waals surface area contributed by atoms with Crippen molar-refractivity contribution < 1.29 is 14.1 Å². The molecular formula is C21H22N2O3S. The largest absolute Gasteiger partial charge is 0.508 e. The van der Waals surface area contributed by atoms with Crippen LogP contribution in [0, 0.1) is 0 Å². The van der Waals surface area contributed by atoms with Crippen LogP contribution in [0.1, 0.15) is 30.1 Å². The number of nitrogens with zero attached hydrogens (tertiary/aromatic N) is 1. The van der Waals surface area contributed by atoms with E-state index >= 15 is 0 Å². The normalized spacial score (nSPS) is 22.0. The van der Waals surface area contributed by atoms with Crippen molar-refractivity contribution in [2.45, 2.75) is 41.1 Å². The molecule has 3 atom stereocenters. The molecule has 1 saturated heterocycles. The highest BCUT2D eigenvalue weighted by Gasteiger charge is 2.36. The van der Waals surface area contributed by atoms with Gasteiger partial charge in [-0.15, -0.1) is 0 Å². The second kappa shape index (κ2) is 6.11. The van der Waals surface area contributed by atoms with Crippen molar-refractivity contribution in [2.75, 3.05) is 7.11 Å². The molecule has 140 valence electrons. The summed E-state index contributed by atoms with van der Waals surface area (Å²) in [6.45, 7) is 0. The molecule has 2 bridgehead atoms. The average molecular weight is 382 g/mol. The van der Waals surface area contributed by atoms with Gasteiger partial charge in [-0.05, 0) is 48.7 Å². The van der Waals surface area contributed by atoms with Gasteiger partial charge in [-0.1, -0.05) is 6.07 Å². The Hall–Kier alpha value is -2.31. The number of hydrogen-bond donors (Lipinski definition) is 2. The first-order valence-corrected chi connectivity index (χ1v) is 10.4. The zero-order valence-electron chi connectivity index (χ0n) is 15.4. The molecule has 2 aliphatic heterocycles. The molecule has 1 aromatic heterocycles. The van der Waals surface area contributed by atoms with E-state index in [0.29, 0.717) is 21.9 Å². The summed E-state index contributed by atoms with van der Waals surface area (Å²) in [4.78, 5) is 1.28. The molecule has 0 amide bonds. The molecule has 0 saturated carbocycles. The lowest BCUT2D eigenvalue weighted by molar-refractivity contribution is 0.416. The zero-order chi connectivity index (χ0) is 18.7. The van der Waals surface area contributed by atoms with Crippen LogP contribution >= 0.6 is 0 Å². The highest BCUT2D eigenvalue weighted by Crippen LogP contribution is 2.44. The number of fused-ring (bicyclic) bond motifs is 6. The molecule has 1 fully saturated rings. The maximum Gasteiger partial charge on any atom is 0.144 e. The first-order chi connectivity index (χ1) is 13.1. The standard InChI is InChI=1S/C21H22N2O3S/c1-23-18-8-12-6-7-17(22-12)20(18)16-10-15(11-19(26-2)21(16)23)27(25)14-5-3-4-13(24)9-14/h3-5,9-12,17,22,24H,6-8H2,1-2H3. The topological polar surface area (TPSA) is 63.5 Å². The van der Waals surface area contributed by atoms with Crippen LogP contribution in [0.4, 0.5) is 0 Å². The summed E-state index contributed by atoms with van der Waals surface area (Å²) in [7, 11) is 2.37. The van der Waals surface area contributed by atoms with Gasteiger partial charge in [0.25, 0.3) is 0 Å². The van der Waals surface area contributed by atoms with Crippen LogP contribution in [0.25, 0.3) is 10.9 Å². The minimum atomic E-state index is -1.39. The van der Waals surface area contributed by atoms with E-state index in [1.165, 1.54) is 17.7 Å². The predicted octanol–water partition coefficient (Wildman–Crippen LogP) is 3.41. The lowest BCUT2D eigenvalue weighted by Gasteiger charge is -2.23. The molecule has 0 radical (unpaired) electrons. The molecule has 3 heterocycles. The van der Waals surface area contributed by atoms with Gasteiger partial charge in [0.1, 0.15) is 11.5 Å². The fraction of sp³-hybridized carbons (Fsp3) is 0.333. The molecular weight excluding hydrogens is 360 g/mol. The van der Waals surface area contributed by atoms with Gasteiger partial charge < -0.3 is 19.7 Å². The molecule has 5 rings (SSSR count). The smallest absolute Gasteiger partial charge is 0.144 e. The average Bonchev–Trinajstić information content (AvgIpc) is 3.19. The number of hydrogen-bond acceptors (Lipinski definition) is 4. The summed E-state index contributed by atoms with van der Waals surface area (Å²) in [5, 5.41) is 14.6. The van der Waals surface area contributed by atoms with Crippen molar-refractivity contribution in [1.29, 1.82) is 0 Å². The third kappa shape index (κ3) is 2.51. The fourth-order valence-corrected chi connectivity index (χ4v) is 5.82. The number of phenolic OH excluding ortho intramolecular Hbond substituents is 1. The van der Waals surface area contributed by atoms with Gasteiger partial charge >= 0.3 is 0 Å². The van der Waals surface area contributed by atoms with Crippen LogP contribution in [0.15, 0.2) is 46.2 Å². The maximum absolute atomic E-state index is 13.2. The Bertz CT molecular complexity index is 1090. The van der Waals surface area contributed by atoms with E-state index in [-0.39, 0.29) is 5.75 Å². The Labute approximate surface area is 160 Å². The van der Waals surface area contributed by atoms with Crippen molar-refractivity contribution >= 4 is 21.7 Å². The summed E-state index contributed by atoms with van der Waals surface area (Å²) in [5.41, 5.74) is 3.75. The van der Waals surface area contributed by atoms with E-state index in [4.69, 9.17) is 4.74 Å². The maximum atomic E-state index is 13.2. The number of methoxy groups -OCH3 is 1. The molecule has 6 heteroatoms. The van der Waals surface area contributed by atoms with Crippen molar-refractivity contribution in [3.8, 4) is 11.5 Å². The molecule has 3 unspecified atom stereocenters. The number of ether oxygens (including phenoxy) is 1. The predicted molar refractivity (Wildman–Crippen MR) is 105 cm³/mol. The van der Waals surface area contributed by atoms with Crippen LogP contribution in [0.3, 0.4) is 0 Å². The van der Waals surface area contributed by atoms with Crippen LogP contribution in [-0.4, -0.2) is 27.0 Å². The molecule has 2 aromatic carbocycles. The number of aromatic hydroxyl groups is 1. The van der Waals surface area contributed by atoms with Crippen LogP contribution in [-0.2, 0) is 24.3 Å². The van der Waals surface area contributed by atoms with E-state index in [0.717, 1.165) is 29.5 Å². The Balaban J connectivity index is 1.73. The van der Waals surface area contributed by atoms with Gasteiger partial charge in [0.2, 0.25) is 0 Å². The molecule has 5 nitrogen and oxygen atoms in total. The Morgan fingerprint density at radius 3 is 2.85 bits per heavy atom. The molecule has 2 N–H and O–H groups in total. The Morgan fingerprint density at radius 1 is 1.22 bits per heavy atom. The molecule has 2 aliphatic rings. The zero-order valence-corrected chi connectivity index (χ0v) is 16.2. The quantitative estimate of drug-likeness (QED) is 0.729. The molecule has 27 heavy (non-hydrogen) atoms. The monoisotopic (exact) mass is 382 g/mol. The summed E-state index contributed by atoms with van der Waals surface area (Å²) < 4.78 is 21.1. The van der Waals surface area contributed by atoms with E-state index in [9.17, 15) is 9.32 Å². The van der Waals surface area contributed by atoms with Gasteiger partial charge in [0, 0.05) is 46.4 Å². The highest BCUT2D eigenvalue weighted by molar-refractivity contribution is 7.85. The van der Waals surface area contributed by atoms with Crippen molar-refractivity contribution in [3.05, 3.63) is 47.7 Å². The molecule has 0 spiro atoms. The van der Waals surface area contributed by atoms with Gasteiger partial charge in [0.15, 0.2) is 0 Å². The van der Waals surface area contributed by atoms with Crippen molar-refractivity contribution in [2.24, 2.45) is 7.05 Å². The number of rotatable bonds is 3. The number of aryl methyl sites for hydroxylation is 1. The number of benzene rings is 2. The Kier molecular flexibility index (Phi) is 3.81. The van der Waals surface area contributed by atoms with E-state index in [2.05, 4.69) is 16.9 Å². The first-order valence-electron chi connectivity index (χ1n) is 9.23. The third-order valence-corrected chi connectivity index (χ3v) is 7.23. The summed E-state index contributed by atoms with van der Waals surface area (Å²) >= 11 is 0. The molecule has 0 aliphatic carbocycles.